The molecule has 3 rings (SSSR count). The van der Waals surface area contributed by atoms with E-state index in [0.29, 0.717) is 0 Å². The van der Waals surface area contributed by atoms with Crippen LogP contribution in [-0.2, 0) is 0 Å². The summed E-state index contributed by atoms with van der Waals surface area (Å²) in [6, 6.07) is 20.2. The van der Waals surface area contributed by atoms with Gasteiger partial charge in [0.05, 0.1) is 11.4 Å². The van der Waals surface area contributed by atoms with Crippen molar-refractivity contribution in [1.29, 1.82) is 0 Å². The third-order valence-electron chi connectivity index (χ3n) is 2.66. The first kappa shape index (κ1) is 14.0. The standard InChI is InChI=1S/C15H12N2S.BrH/c1-3-7-12(8-4-1)14-11-18-15(17-14)16-13-9-5-2-6-10-13;/h1-10H,11H2;1H. The number of halogens is 1. The fourth-order valence-electron chi connectivity index (χ4n) is 1.76. The Balaban J connectivity index is 0.00000133. The van der Waals surface area contributed by atoms with E-state index in [0.717, 1.165) is 22.3 Å². The maximum absolute atomic E-state index is 4.58. The number of nitrogens with zero attached hydrogens (tertiary/aromatic N) is 2. The van der Waals surface area contributed by atoms with E-state index in [9.17, 15) is 0 Å². The maximum atomic E-state index is 4.58. The predicted molar refractivity (Wildman–Crippen MR) is 89.3 cm³/mol. The van der Waals surface area contributed by atoms with Crippen molar-refractivity contribution >= 4 is 45.3 Å². The van der Waals surface area contributed by atoms with Crippen LogP contribution in [-0.4, -0.2) is 16.6 Å². The molecule has 2 aromatic rings. The molecule has 0 unspecified atom stereocenters. The number of rotatable bonds is 2. The third kappa shape index (κ3) is 3.55. The minimum absolute atomic E-state index is 0. The van der Waals surface area contributed by atoms with E-state index in [2.05, 4.69) is 22.1 Å². The van der Waals surface area contributed by atoms with E-state index in [1.165, 1.54) is 5.56 Å². The van der Waals surface area contributed by atoms with Gasteiger partial charge in [-0.05, 0) is 17.7 Å². The van der Waals surface area contributed by atoms with Crippen molar-refractivity contribution < 1.29 is 0 Å². The molecule has 0 amide bonds. The molecule has 0 aliphatic carbocycles. The number of hydrogen-bond acceptors (Lipinski definition) is 2. The average Bonchev–Trinajstić information content (AvgIpc) is 2.89. The minimum Gasteiger partial charge on any atom is -0.226 e. The number of hydrogen-bond donors (Lipinski definition) is 0. The van der Waals surface area contributed by atoms with Crippen molar-refractivity contribution in [3.05, 3.63) is 66.2 Å². The first-order valence-corrected chi connectivity index (χ1v) is 6.80. The van der Waals surface area contributed by atoms with E-state index in [1.807, 2.05) is 48.5 Å². The Morgan fingerprint density at radius 2 is 1.53 bits per heavy atom. The van der Waals surface area contributed by atoms with E-state index in [1.54, 1.807) is 11.8 Å². The topological polar surface area (TPSA) is 24.7 Å². The highest BCUT2D eigenvalue weighted by molar-refractivity contribution is 8.93. The summed E-state index contributed by atoms with van der Waals surface area (Å²) >= 11 is 1.69. The van der Waals surface area contributed by atoms with Gasteiger partial charge in [0.25, 0.3) is 0 Å². The summed E-state index contributed by atoms with van der Waals surface area (Å²) < 4.78 is 0. The molecule has 0 fully saturated rings. The van der Waals surface area contributed by atoms with Crippen molar-refractivity contribution in [1.82, 2.24) is 0 Å². The zero-order valence-electron chi connectivity index (χ0n) is 10.2. The van der Waals surface area contributed by atoms with Crippen LogP contribution in [0.4, 0.5) is 5.69 Å². The highest BCUT2D eigenvalue weighted by Crippen LogP contribution is 2.22. The molecule has 0 N–H and O–H groups in total. The zero-order chi connectivity index (χ0) is 12.2. The molecule has 1 heterocycles. The van der Waals surface area contributed by atoms with Gasteiger partial charge in [-0.1, -0.05) is 60.3 Å². The Morgan fingerprint density at radius 1 is 0.895 bits per heavy atom. The van der Waals surface area contributed by atoms with Crippen LogP contribution in [0.3, 0.4) is 0 Å². The molecule has 0 saturated carbocycles. The maximum Gasteiger partial charge on any atom is 0.188 e. The first-order chi connectivity index (χ1) is 8.92. The fraction of sp³-hybridized carbons (Fsp3) is 0.0667. The summed E-state index contributed by atoms with van der Waals surface area (Å²) in [7, 11) is 0. The molecular weight excluding hydrogens is 320 g/mol. The average molecular weight is 333 g/mol. The van der Waals surface area contributed by atoms with Gasteiger partial charge in [0.15, 0.2) is 5.17 Å². The lowest BCUT2D eigenvalue weighted by molar-refractivity contribution is 1.50. The Morgan fingerprint density at radius 3 is 2.21 bits per heavy atom. The molecule has 96 valence electrons. The van der Waals surface area contributed by atoms with Gasteiger partial charge in [0.1, 0.15) is 0 Å². The van der Waals surface area contributed by atoms with Gasteiger partial charge in [0, 0.05) is 5.75 Å². The lowest BCUT2D eigenvalue weighted by atomic mass is 10.1. The van der Waals surface area contributed by atoms with Crippen LogP contribution in [0.1, 0.15) is 5.56 Å². The molecule has 0 radical (unpaired) electrons. The molecule has 1 aliphatic rings. The molecule has 2 aromatic carbocycles. The number of benzene rings is 2. The van der Waals surface area contributed by atoms with Gasteiger partial charge in [-0.15, -0.1) is 17.0 Å². The zero-order valence-corrected chi connectivity index (χ0v) is 12.7. The van der Waals surface area contributed by atoms with Crippen LogP contribution in [0.15, 0.2) is 70.6 Å². The van der Waals surface area contributed by atoms with Crippen molar-refractivity contribution in [2.24, 2.45) is 9.98 Å². The monoisotopic (exact) mass is 332 g/mol. The molecule has 0 saturated heterocycles. The number of aliphatic imine (C=N–C) groups is 2. The lowest BCUT2D eigenvalue weighted by Gasteiger charge is -1.96. The second kappa shape index (κ2) is 6.68. The van der Waals surface area contributed by atoms with Gasteiger partial charge in [-0.25, -0.2) is 9.98 Å². The van der Waals surface area contributed by atoms with Crippen LogP contribution < -0.4 is 0 Å². The number of thioether (sulfide) groups is 1. The van der Waals surface area contributed by atoms with Gasteiger partial charge >= 0.3 is 0 Å². The summed E-state index contributed by atoms with van der Waals surface area (Å²) in [6.07, 6.45) is 0. The van der Waals surface area contributed by atoms with Crippen LogP contribution in [0.5, 0.6) is 0 Å². The smallest absolute Gasteiger partial charge is 0.188 e. The highest BCUT2D eigenvalue weighted by Gasteiger charge is 2.14. The SMILES string of the molecule is Br.c1ccc(N=C2N=C(c3ccccc3)CS2)cc1. The van der Waals surface area contributed by atoms with E-state index >= 15 is 0 Å². The van der Waals surface area contributed by atoms with E-state index in [-0.39, 0.29) is 17.0 Å². The molecule has 2 nitrogen and oxygen atoms in total. The van der Waals surface area contributed by atoms with Crippen LogP contribution >= 0.6 is 28.7 Å². The van der Waals surface area contributed by atoms with Gasteiger partial charge in [-0.2, -0.15) is 0 Å². The van der Waals surface area contributed by atoms with Crippen molar-refractivity contribution in [3.63, 3.8) is 0 Å². The largest absolute Gasteiger partial charge is 0.226 e. The van der Waals surface area contributed by atoms with Crippen LogP contribution in [0.2, 0.25) is 0 Å². The molecule has 0 aromatic heterocycles. The van der Waals surface area contributed by atoms with E-state index < -0.39 is 0 Å². The van der Waals surface area contributed by atoms with Gasteiger partial charge in [-0.3, -0.25) is 0 Å². The molecule has 4 heteroatoms. The summed E-state index contributed by atoms with van der Waals surface area (Å²) in [6.45, 7) is 0. The van der Waals surface area contributed by atoms with Crippen LogP contribution in [0, 0.1) is 0 Å². The molecule has 0 bridgehead atoms. The molecule has 1 aliphatic heterocycles. The summed E-state index contributed by atoms with van der Waals surface area (Å²) in [5.41, 5.74) is 3.25. The minimum atomic E-state index is 0. The third-order valence-corrected chi connectivity index (χ3v) is 3.52. The molecule has 0 spiro atoms. The van der Waals surface area contributed by atoms with Gasteiger partial charge in [0.2, 0.25) is 0 Å². The van der Waals surface area contributed by atoms with Gasteiger partial charge < -0.3 is 0 Å². The predicted octanol–water partition coefficient (Wildman–Crippen LogP) is 4.49. The quantitative estimate of drug-likeness (QED) is 0.795. The summed E-state index contributed by atoms with van der Waals surface area (Å²) in [5.74, 6) is 0.898. The first-order valence-electron chi connectivity index (χ1n) is 5.81. The molecule has 0 atom stereocenters. The van der Waals surface area contributed by atoms with Crippen molar-refractivity contribution in [3.8, 4) is 0 Å². The molecule has 19 heavy (non-hydrogen) atoms. The Bertz CT molecular complexity index is 594. The number of amidine groups is 1. The lowest BCUT2D eigenvalue weighted by Crippen LogP contribution is -1.98. The van der Waals surface area contributed by atoms with Crippen LogP contribution in [0.25, 0.3) is 0 Å². The fourth-order valence-corrected chi connectivity index (χ4v) is 2.60. The Hall–Kier alpha value is -1.39. The second-order valence-electron chi connectivity index (χ2n) is 3.94. The summed E-state index contributed by atoms with van der Waals surface area (Å²) in [5, 5.41) is 0.847. The number of para-hydroxylation sites is 1. The summed E-state index contributed by atoms with van der Waals surface area (Å²) in [4.78, 5) is 9.11. The molecular formula is C15H13BrN2S. The second-order valence-corrected chi connectivity index (χ2v) is 4.89. The Labute approximate surface area is 127 Å². The normalized spacial score (nSPS) is 16.0. The highest BCUT2D eigenvalue weighted by atomic mass is 79.9. The van der Waals surface area contributed by atoms with E-state index in [4.69, 9.17) is 0 Å². The van der Waals surface area contributed by atoms with Crippen molar-refractivity contribution in [2.45, 2.75) is 0 Å². The Kier molecular flexibility index (Phi) is 4.93. The van der Waals surface area contributed by atoms with Crippen molar-refractivity contribution in [2.75, 3.05) is 5.75 Å².